The Morgan fingerprint density at radius 3 is 3.00 bits per heavy atom. The first-order valence-corrected chi connectivity index (χ1v) is 5.71. The first kappa shape index (κ1) is 11.8. The number of benzene rings is 1. The molecule has 1 aromatic carbocycles. The average Bonchev–Trinajstić information content (AvgIpc) is 2.18. The zero-order valence-corrected chi connectivity index (χ0v) is 10.3. The molecule has 1 rings (SSSR count). The summed E-state index contributed by atoms with van der Waals surface area (Å²) in [7, 11) is 0. The third-order valence-electron chi connectivity index (χ3n) is 1.98. The second kappa shape index (κ2) is 6.23. The highest BCUT2D eigenvalue weighted by molar-refractivity contribution is 9.10. The largest absolute Gasteiger partial charge is 0.307 e. The molecule has 3 heteroatoms. The Kier molecular flexibility index (Phi) is 5.23. The fraction of sp³-hybridized carbons (Fsp3) is 0.273. The third kappa shape index (κ3) is 3.82. The van der Waals surface area contributed by atoms with Crippen molar-refractivity contribution in [2.75, 3.05) is 6.54 Å². The second-order valence-corrected chi connectivity index (χ2v) is 4.21. The molecule has 14 heavy (non-hydrogen) atoms. The minimum Gasteiger partial charge on any atom is -0.307 e. The van der Waals surface area contributed by atoms with Gasteiger partial charge in [-0.1, -0.05) is 45.7 Å². The van der Waals surface area contributed by atoms with Gasteiger partial charge in [-0.2, -0.15) is 0 Å². The molecule has 0 spiro atoms. The van der Waals surface area contributed by atoms with Crippen LogP contribution in [-0.2, 0) is 0 Å². The van der Waals surface area contributed by atoms with E-state index >= 15 is 0 Å². The van der Waals surface area contributed by atoms with Crippen molar-refractivity contribution < 1.29 is 0 Å². The Morgan fingerprint density at radius 2 is 2.36 bits per heavy atom. The van der Waals surface area contributed by atoms with E-state index in [9.17, 15) is 0 Å². The minimum absolute atomic E-state index is 0.334. The van der Waals surface area contributed by atoms with Crippen LogP contribution < -0.4 is 5.32 Å². The number of hydrogen-bond acceptors (Lipinski definition) is 1. The van der Waals surface area contributed by atoms with E-state index in [1.165, 1.54) is 11.1 Å². The van der Waals surface area contributed by atoms with Crippen LogP contribution >= 0.6 is 27.5 Å². The molecule has 0 bridgehead atoms. The average molecular weight is 275 g/mol. The molecular formula is C11H13BrClN. The Balaban J connectivity index is 2.55. The Morgan fingerprint density at radius 1 is 1.57 bits per heavy atom. The summed E-state index contributed by atoms with van der Waals surface area (Å²) in [4.78, 5) is 0. The van der Waals surface area contributed by atoms with Gasteiger partial charge in [0.05, 0.1) is 0 Å². The molecule has 0 aliphatic rings. The van der Waals surface area contributed by atoms with Crippen LogP contribution in [0.1, 0.15) is 18.5 Å². The molecule has 0 heterocycles. The van der Waals surface area contributed by atoms with E-state index in [4.69, 9.17) is 11.6 Å². The van der Waals surface area contributed by atoms with Gasteiger partial charge in [0.15, 0.2) is 0 Å². The lowest BCUT2D eigenvalue weighted by atomic mass is 10.1. The monoisotopic (exact) mass is 273 g/mol. The van der Waals surface area contributed by atoms with Gasteiger partial charge in [0.1, 0.15) is 0 Å². The number of rotatable bonds is 4. The highest BCUT2D eigenvalue weighted by Crippen LogP contribution is 2.17. The number of nitrogens with one attached hydrogen (secondary N) is 1. The van der Waals surface area contributed by atoms with Gasteiger partial charge in [-0.05, 0) is 24.6 Å². The van der Waals surface area contributed by atoms with Crippen molar-refractivity contribution in [3.63, 3.8) is 0 Å². The fourth-order valence-electron chi connectivity index (χ4n) is 1.18. The topological polar surface area (TPSA) is 12.0 Å². The van der Waals surface area contributed by atoms with Crippen molar-refractivity contribution in [3.05, 3.63) is 45.9 Å². The molecule has 0 fully saturated rings. The van der Waals surface area contributed by atoms with Crippen molar-refractivity contribution in [2.45, 2.75) is 13.0 Å². The molecule has 76 valence electrons. The van der Waals surface area contributed by atoms with Crippen LogP contribution in [0.15, 0.2) is 40.3 Å². The van der Waals surface area contributed by atoms with Crippen molar-refractivity contribution in [3.8, 4) is 0 Å². The Hall–Kier alpha value is -0.310. The van der Waals surface area contributed by atoms with Gasteiger partial charge in [-0.3, -0.25) is 0 Å². The maximum absolute atomic E-state index is 5.43. The van der Waals surface area contributed by atoms with Crippen LogP contribution in [0.4, 0.5) is 0 Å². The van der Waals surface area contributed by atoms with E-state index in [1.54, 1.807) is 0 Å². The maximum Gasteiger partial charge on any atom is 0.0295 e. The van der Waals surface area contributed by atoms with Crippen LogP contribution in [0.25, 0.3) is 0 Å². The van der Waals surface area contributed by atoms with E-state index in [2.05, 4.69) is 40.3 Å². The SMILES string of the molecule is CC(NC/C=C/Cl)c1cccc(Br)c1. The molecule has 0 aliphatic carbocycles. The van der Waals surface area contributed by atoms with Gasteiger partial charge >= 0.3 is 0 Å². The van der Waals surface area contributed by atoms with E-state index < -0.39 is 0 Å². The van der Waals surface area contributed by atoms with Crippen LogP contribution in [0.5, 0.6) is 0 Å². The van der Waals surface area contributed by atoms with Gasteiger partial charge in [0, 0.05) is 22.6 Å². The molecule has 0 amide bonds. The number of halogens is 2. The predicted octanol–water partition coefficient (Wildman–Crippen LogP) is 3.85. The molecule has 1 atom stereocenters. The summed E-state index contributed by atoms with van der Waals surface area (Å²) in [6.45, 7) is 2.92. The van der Waals surface area contributed by atoms with E-state index in [1.807, 2.05) is 18.2 Å². The molecule has 1 aromatic rings. The zero-order chi connectivity index (χ0) is 10.4. The second-order valence-electron chi connectivity index (χ2n) is 3.05. The van der Waals surface area contributed by atoms with E-state index in [0.717, 1.165) is 11.0 Å². The molecule has 1 unspecified atom stereocenters. The first-order chi connectivity index (χ1) is 6.74. The van der Waals surface area contributed by atoms with Crippen molar-refractivity contribution >= 4 is 27.5 Å². The summed E-state index contributed by atoms with van der Waals surface area (Å²) in [5.74, 6) is 0. The predicted molar refractivity (Wildman–Crippen MR) is 65.6 cm³/mol. The lowest BCUT2D eigenvalue weighted by Crippen LogP contribution is -2.18. The van der Waals surface area contributed by atoms with E-state index in [-0.39, 0.29) is 0 Å². The smallest absolute Gasteiger partial charge is 0.0295 e. The van der Waals surface area contributed by atoms with Crippen molar-refractivity contribution in [1.29, 1.82) is 0 Å². The molecule has 1 N–H and O–H groups in total. The fourth-order valence-corrected chi connectivity index (χ4v) is 1.69. The van der Waals surface area contributed by atoms with Gasteiger partial charge in [0.25, 0.3) is 0 Å². The molecular weight excluding hydrogens is 261 g/mol. The quantitative estimate of drug-likeness (QED) is 0.879. The van der Waals surface area contributed by atoms with Crippen molar-refractivity contribution in [1.82, 2.24) is 5.32 Å². The minimum atomic E-state index is 0.334. The van der Waals surface area contributed by atoms with Crippen LogP contribution in [0, 0.1) is 0 Å². The summed E-state index contributed by atoms with van der Waals surface area (Å²) >= 11 is 8.88. The molecule has 0 aliphatic heterocycles. The summed E-state index contributed by atoms with van der Waals surface area (Å²) < 4.78 is 1.11. The first-order valence-electron chi connectivity index (χ1n) is 4.48. The molecule has 0 aromatic heterocycles. The summed E-state index contributed by atoms with van der Waals surface area (Å²) in [6, 6.07) is 8.61. The summed E-state index contributed by atoms with van der Waals surface area (Å²) in [5.41, 5.74) is 2.79. The zero-order valence-electron chi connectivity index (χ0n) is 8.00. The molecule has 0 saturated heterocycles. The van der Waals surface area contributed by atoms with Gasteiger partial charge in [-0.15, -0.1) is 0 Å². The lowest BCUT2D eigenvalue weighted by molar-refractivity contribution is 0.617. The van der Waals surface area contributed by atoms with Crippen molar-refractivity contribution in [2.24, 2.45) is 0 Å². The highest BCUT2D eigenvalue weighted by atomic mass is 79.9. The van der Waals surface area contributed by atoms with Gasteiger partial charge in [-0.25, -0.2) is 0 Å². The maximum atomic E-state index is 5.43. The molecule has 0 saturated carbocycles. The van der Waals surface area contributed by atoms with E-state index in [0.29, 0.717) is 6.04 Å². The van der Waals surface area contributed by atoms with Gasteiger partial charge in [0.2, 0.25) is 0 Å². The molecule has 0 radical (unpaired) electrons. The molecule has 1 nitrogen and oxygen atoms in total. The lowest BCUT2D eigenvalue weighted by Gasteiger charge is -2.12. The summed E-state index contributed by atoms with van der Waals surface area (Å²) in [5, 5.41) is 3.33. The Labute approximate surface area is 98.3 Å². The number of hydrogen-bond donors (Lipinski definition) is 1. The van der Waals surface area contributed by atoms with Gasteiger partial charge < -0.3 is 5.32 Å². The summed E-state index contributed by atoms with van der Waals surface area (Å²) in [6.07, 6.45) is 1.88. The third-order valence-corrected chi connectivity index (χ3v) is 2.65. The van der Waals surface area contributed by atoms with Crippen LogP contribution in [0.3, 0.4) is 0 Å². The van der Waals surface area contributed by atoms with Crippen LogP contribution in [0.2, 0.25) is 0 Å². The normalized spacial score (nSPS) is 13.4. The van der Waals surface area contributed by atoms with Crippen LogP contribution in [-0.4, -0.2) is 6.54 Å². The highest BCUT2D eigenvalue weighted by Gasteiger charge is 2.02. The standard InChI is InChI=1S/C11H13BrClN/c1-9(14-7-3-6-13)10-4-2-5-11(12)8-10/h2-6,8-9,14H,7H2,1H3/b6-3+. The Bertz CT molecular complexity index is 312.